The maximum atomic E-state index is 13.6. The second kappa shape index (κ2) is 12.6. The molecule has 0 unspecified atom stereocenters. The first-order valence-electron chi connectivity index (χ1n) is 11.9. The first kappa shape index (κ1) is 28.0. The Labute approximate surface area is 219 Å². The van der Waals surface area contributed by atoms with E-state index < -0.39 is 15.9 Å². The van der Waals surface area contributed by atoms with Crippen LogP contribution in [0.2, 0.25) is 0 Å². The number of hydrogen-bond acceptors (Lipinski definition) is 6. The molecule has 3 aromatic rings. The lowest BCUT2D eigenvalue weighted by atomic mass is 10.1. The minimum absolute atomic E-state index is 0.111. The van der Waals surface area contributed by atoms with Crippen molar-refractivity contribution in [2.24, 2.45) is 0 Å². The predicted molar refractivity (Wildman–Crippen MR) is 143 cm³/mol. The van der Waals surface area contributed by atoms with Crippen molar-refractivity contribution in [1.29, 1.82) is 0 Å². The number of rotatable bonds is 12. The second-order valence-electron chi connectivity index (χ2n) is 8.61. The lowest BCUT2D eigenvalue weighted by molar-refractivity contribution is -0.121. The van der Waals surface area contributed by atoms with Gasteiger partial charge < -0.3 is 19.5 Å². The molecule has 198 valence electrons. The van der Waals surface area contributed by atoms with Crippen LogP contribution in [0, 0.1) is 6.92 Å². The second-order valence-corrected chi connectivity index (χ2v) is 10.5. The fourth-order valence-electron chi connectivity index (χ4n) is 4.00. The number of methoxy groups -OCH3 is 3. The molecule has 0 radical (unpaired) electrons. The van der Waals surface area contributed by atoms with Crippen molar-refractivity contribution in [2.45, 2.75) is 31.2 Å². The van der Waals surface area contributed by atoms with E-state index in [4.69, 9.17) is 14.2 Å². The van der Waals surface area contributed by atoms with Gasteiger partial charge in [-0.1, -0.05) is 36.4 Å². The molecule has 0 spiro atoms. The zero-order valence-electron chi connectivity index (χ0n) is 21.9. The highest BCUT2D eigenvalue weighted by Crippen LogP contribution is 2.30. The van der Waals surface area contributed by atoms with Gasteiger partial charge >= 0.3 is 0 Å². The number of nitrogens with one attached hydrogen (secondary N) is 1. The summed E-state index contributed by atoms with van der Waals surface area (Å²) in [4.78, 5) is 13.2. The SMILES string of the molecule is COc1ccc(S(=O)(=O)N(CCc2ccccc2)CC(=O)N[C@@H](C)c2ccc(OC)c(OC)c2)cc1C. The Morgan fingerprint density at radius 2 is 1.54 bits per heavy atom. The van der Waals surface area contributed by atoms with Gasteiger partial charge in [0.15, 0.2) is 11.5 Å². The smallest absolute Gasteiger partial charge is 0.243 e. The van der Waals surface area contributed by atoms with E-state index in [9.17, 15) is 13.2 Å². The van der Waals surface area contributed by atoms with Crippen LogP contribution < -0.4 is 19.5 Å². The van der Waals surface area contributed by atoms with Crippen molar-refractivity contribution < 1.29 is 27.4 Å². The van der Waals surface area contributed by atoms with Crippen LogP contribution in [0.3, 0.4) is 0 Å². The molecule has 1 N–H and O–H groups in total. The van der Waals surface area contributed by atoms with Gasteiger partial charge in [0.2, 0.25) is 15.9 Å². The first-order valence-corrected chi connectivity index (χ1v) is 13.3. The molecule has 3 aromatic carbocycles. The van der Waals surface area contributed by atoms with Crippen molar-refractivity contribution in [3.8, 4) is 17.2 Å². The topological polar surface area (TPSA) is 94.2 Å². The lowest BCUT2D eigenvalue weighted by Gasteiger charge is -2.24. The van der Waals surface area contributed by atoms with Crippen molar-refractivity contribution in [3.05, 3.63) is 83.4 Å². The average molecular weight is 527 g/mol. The van der Waals surface area contributed by atoms with Crippen LogP contribution in [0.1, 0.15) is 29.7 Å². The maximum absolute atomic E-state index is 13.6. The van der Waals surface area contributed by atoms with Gasteiger partial charge in [0.25, 0.3) is 0 Å². The summed E-state index contributed by atoms with van der Waals surface area (Å²) in [5.41, 5.74) is 2.47. The third kappa shape index (κ3) is 7.02. The van der Waals surface area contributed by atoms with Gasteiger partial charge in [-0.2, -0.15) is 4.31 Å². The largest absolute Gasteiger partial charge is 0.496 e. The average Bonchev–Trinajstić information content (AvgIpc) is 2.90. The number of benzene rings is 3. The Morgan fingerprint density at radius 3 is 2.16 bits per heavy atom. The van der Waals surface area contributed by atoms with Crippen molar-refractivity contribution >= 4 is 15.9 Å². The Hall–Kier alpha value is -3.56. The van der Waals surface area contributed by atoms with E-state index in [1.165, 1.54) is 17.5 Å². The van der Waals surface area contributed by atoms with Crippen LogP contribution in [0.15, 0.2) is 71.6 Å². The molecule has 0 saturated carbocycles. The van der Waals surface area contributed by atoms with E-state index in [0.717, 1.165) is 11.1 Å². The lowest BCUT2D eigenvalue weighted by Crippen LogP contribution is -2.42. The van der Waals surface area contributed by atoms with E-state index in [1.807, 2.05) is 43.3 Å². The van der Waals surface area contributed by atoms with E-state index >= 15 is 0 Å². The Kier molecular flexibility index (Phi) is 9.54. The summed E-state index contributed by atoms with van der Waals surface area (Å²) >= 11 is 0. The highest BCUT2D eigenvalue weighted by atomic mass is 32.2. The van der Waals surface area contributed by atoms with Gasteiger partial charge in [-0.25, -0.2) is 8.42 Å². The zero-order chi connectivity index (χ0) is 27.0. The molecular formula is C28H34N2O6S. The molecule has 1 atom stereocenters. The van der Waals surface area contributed by atoms with Gasteiger partial charge in [-0.3, -0.25) is 4.79 Å². The summed E-state index contributed by atoms with van der Waals surface area (Å²) < 4.78 is 44.4. The quantitative estimate of drug-likeness (QED) is 0.381. The Balaban J connectivity index is 1.82. The van der Waals surface area contributed by atoms with Crippen LogP contribution in [0.4, 0.5) is 0 Å². The van der Waals surface area contributed by atoms with Crippen LogP contribution >= 0.6 is 0 Å². The molecule has 0 fully saturated rings. The van der Waals surface area contributed by atoms with Crippen LogP contribution in [-0.4, -0.2) is 53.0 Å². The van der Waals surface area contributed by atoms with E-state index in [2.05, 4.69) is 5.32 Å². The van der Waals surface area contributed by atoms with Crippen molar-refractivity contribution in [2.75, 3.05) is 34.4 Å². The predicted octanol–water partition coefficient (Wildman–Crippen LogP) is 4.13. The number of sulfonamides is 1. The van der Waals surface area contributed by atoms with Gasteiger partial charge in [-0.15, -0.1) is 0 Å². The normalized spacial score (nSPS) is 12.2. The molecule has 0 aliphatic rings. The number of carbonyl (C=O) groups is 1. The van der Waals surface area contributed by atoms with E-state index in [0.29, 0.717) is 29.2 Å². The van der Waals surface area contributed by atoms with Gasteiger partial charge in [0.05, 0.1) is 38.8 Å². The number of hydrogen-bond donors (Lipinski definition) is 1. The number of carbonyl (C=O) groups excluding carboxylic acids is 1. The summed E-state index contributed by atoms with van der Waals surface area (Å²) in [6.45, 7) is 3.44. The van der Waals surface area contributed by atoms with Crippen molar-refractivity contribution in [3.63, 3.8) is 0 Å². The molecule has 37 heavy (non-hydrogen) atoms. The standard InChI is InChI=1S/C28H34N2O6S/c1-20-17-24(12-14-25(20)34-3)37(32,33)30(16-15-22-9-7-6-8-10-22)19-28(31)29-21(2)23-11-13-26(35-4)27(18-23)36-5/h6-14,17-18,21H,15-16,19H2,1-5H3,(H,29,31)/t21-/m0/s1. The van der Waals surface area contributed by atoms with Crippen LogP contribution in [0.5, 0.6) is 17.2 Å². The molecular weight excluding hydrogens is 492 g/mol. The Bertz CT molecular complexity index is 1310. The summed E-state index contributed by atoms with van der Waals surface area (Å²) in [7, 11) is 0.677. The van der Waals surface area contributed by atoms with E-state index in [-0.39, 0.29) is 24.0 Å². The van der Waals surface area contributed by atoms with E-state index in [1.54, 1.807) is 45.4 Å². The summed E-state index contributed by atoms with van der Waals surface area (Å²) in [6.07, 6.45) is 0.466. The zero-order valence-corrected chi connectivity index (χ0v) is 22.7. The number of nitrogens with zero attached hydrogens (tertiary/aromatic N) is 1. The fraction of sp³-hybridized carbons (Fsp3) is 0.321. The molecule has 9 heteroatoms. The highest BCUT2D eigenvalue weighted by Gasteiger charge is 2.28. The summed E-state index contributed by atoms with van der Waals surface area (Å²) in [6, 6.07) is 19.3. The van der Waals surface area contributed by atoms with Crippen LogP contribution in [0.25, 0.3) is 0 Å². The molecule has 1 amide bonds. The molecule has 0 bridgehead atoms. The number of aryl methyl sites for hydroxylation is 1. The number of amides is 1. The van der Waals surface area contributed by atoms with Crippen LogP contribution in [-0.2, 0) is 21.2 Å². The molecule has 0 heterocycles. The Morgan fingerprint density at radius 1 is 0.892 bits per heavy atom. The van der Waals surface area contributed by atoms with Gasteiger partial charge in [-0.05, 0) is 67.3 Å². The molecule has 8 nitrogen and oxygen atoms in total. The third-order valence-corrected chi connectivity index (χ3v) is 7.94. The monoisotopic (exact) mass is 526 g/mol. The maximum Gasteiger partial charge on any atom is 0.243 e. The van der Waals surface area contributed by atoms with Gasteiger partial charge in [0, 0.05) is 6.54 Å². The highest BCUT2D eigenvalue weighted by molar-refractivity contribution is 7.89. The molecule has 3 rings (SSSR count). The van der Waals surface area contributed by atoms with Crippen molar-refractivity contribution in [1.82, 2.24) is 9.62 Å². The minimum atomic E-state index is -3.95. The molecule has 0 aliphatic carbocycles. The van der Waals surface area contributed by atoms with Gasteiger partial charge in [0.1, 0.15) is 5.75 Å². The minimum Gasteiger partial charge on any atom is -0.496 e. The molecule has 0 aromatic heterocycles. The molecule has 0 aliphatic heterocycles. The summed E-state index contributed by atoms with van der Waals surface area (Å²) in [5, 5.41) is 2.91. The number of ether oxygens (including phenoxy) is 3. The first-order chi connectivity index (χ1) is 17.7. The third-order valence-electron chi connectivity index (χ3n) is 6.10. The fourth-order valence-corrected chi connectivity index (χ4v) is 5.48. The molecule has 0 saturated heterocycles. The summed E-state index contributed by atoms with van der Waals surface area (Å²) in [5.74, 6) is 1.31.